The molecule has 0 saturated heterocycles. The zero-order valence-corrected chi connectivity index (χ0v) is 12.8. The van der Waals surface area contributed by atoms with Crippen LogP contribution in [0.25, 0.3) is 22.3 Å². The Hall–Kier alpha value is -2.02. The second-order valence-electron chi connectivity index (χ2n) is 4.94. The van der Waals surface area contributed by atoms with E-state index in [0.29, 0.717) is 0 Å². The van der Waals surface area contributed by atoms with Crippen LogP contribution in [0.4, 0.5) is 5.69 Å². The van der Waals surface area contributed by atoms with E-state index in [2.05, 4.69) is 81.3 Å². The predicted molar refractivity (Wildman–Crippen MR) is 84.1 cm³/mol. The van der Waals surface area contributed by atoms with Crippen molar-refractivity contribution in [2.45, 2.75) is 6.92 Å². The predicted octanol–water partition coefficient (Wildman–Crippen LogP) is 5.69. The van der Waals surface area contributed by atoms with Crippen molar-refractivity contribution in [1.29, 1.82) is 0 Å². The van der Waals surface area contributed by atoms with Crippen molar-refractivity contribution in [3.8, 4) is 22.3 Å². The third-order valence-electron chi connectivity index (χ3n) is 3.67. The molecule has 3 aromatic carbocycles. The van der Waals surface area contributed by atoms with Crippen LogP contribution in [-0.2, 0) is 15.8 Å². The maximum absolute atomic E-state index is 4.14. The Morgan fingerprint density at radius 3 is 1.86 bits per heavy atom. The van der Waals surface area contributed by atoms with E-state index in [-0.39, 0.29) is 0 Å². The maximum atomic E-state index is 4.14. The van der Waals surface area contributed by atoms with Crippen molar-refractivity contribution >= 4 is 5.69 Å². The van der Waals surface area contributed by atoms with Crippen LogP contribution in [-0.4, -0.2) is 0 Å². The first-order valence-corrected chi connectivity index (χ1v) is 7.36. The molecule has 0 amide bonds. The van der Waals surface area contributed by atoms with Gasteiger partial charge in [0, 0.05) is 0 Å². The summed E-state index contributed by atoms with van der Waals surface area (Å²) in [5.74, 6) is 0. The average Bonchev–Trinajstić information content (AvgIpc) is 2.56. The Bertz CT molecular complexity index is 764. The Balaban J connectivity index is 2.31. The Morgan fingerprint density at radius 1 is 0.714 bits per heavy atom. The molecule has 104 valence electrons. The van der Waals surface area contributed by atoms with Crippen LogP contribution >= 0.6 is 0 Å². The number of nitrogens with zero attached hydrogens (tertiary/aromatic N) is 1. The molecule has 0 heterocycles. The van der Waals surface area contributed by atoms with Gasteiger partial charge in [-0.2, -0.15) is 0 Å². The average molecular weight is 313 g/mol. The molecule has 0 aromatic heterocycles. The Labute approximate surface area is 133 Å². The second-order valence-corrected chi connectivity index (χ2v) is 5.19. The quantitative estimate of drug-likeness (QED) is 0.551. The Morgan fingerprint density at radius 2 is 1.29 bits per heavy atom. The molecule has 0 bridgehead atoms. The van der Waals surface area contributed by atoms with Crippen LogP contribution in [0.5, 0.6) is 0 Å². The molecule has 2 heteroatoms. The first kappa shape index (κ1) is 13.9. The van der Waals surface area contributed by atoms with Crippen molar-refractivity contribution in [1.82, 2.24) is 0 Å². The van der Waals surface area contributed by atoms with E-state index in [4.69, 9.17) is 0 Å². The molecule has 3 aromatic rings. The van der Waals surface area contributed by atoms with Gasteiger partial charge in [0.05, 0.1) is 0 Å². The molecule has 0 atom stereocenters. The molecule has 0 aliphatic rings. The minimum absolute atomic E-state index is 0.938. The van der Waals surface area contributed by atoms with Crippen molar-refractivity contribution in [3.05, 3.63) is 78.4 Å². The third-order valence-corrected chi connectivity index (χ3v) is 3.93. The van der Waals surface area contributed by atoms with Gasteiger partial charge >= 0.3 is 133 Å². The van der Waals surface area contributed by atoms with Gasteiger partial charge in [-0.05, 0) is 0 Å². The molecule has 0 radical (unpaired) electrons. The number of rotatable bonds is 3. The SMILES string of the molecule is Cc1c([N]=[Fe])ccc(-c2ccccc2)c1-c1ccccc1. The van der Waals surface area contributed by atoms with E-state index >= 15 is 0 Å². The molecule has 0 N–H and O–H groups in total. The zero-order chi connectivity index (χ0) is 14.7. The standard InChI is InChI=1S/C19H15N.Fe/c1-14-18(20)13-12-17(15-8-4-2-5-9-15)19(14)16-10-6-3-7-11-16;/h2-13H,1H3;. The van der Waals surface area contributed by atoms with Gasteiger partial charge in [-0.15, -0.1) is 0 Å². The molecule has 3 rings (SSSR count). The van der Waals surface area contributed by atoms with Gasteiger partial charge in [0.15, 0.2) is 0 Å². The Kier molecular flexibility index (Phi) is 4.10. The molecule has 0 aliphatic carbocycles. The summed E-state index contributed by atoms with van der Waals surface area (Å²) in [4.78, 5) is 0. The monoisotopic (exact) mass is 313 g/mol. The van der Waals surface area contributed by atoms with Gasteiger partial charge in [-0.1, -0.05) is 0 Å². The van der Waals surface area contributed by atoms with Gasteiger partial charge in [0.1, 0.15) is 0 Å². The first-order chi connectivity index (χ1) is 10.3. The summed E-state index contributed by atoms with van der Waals surface area (Å²) in [5, 5.41) is 0. The van der Waals surface area contributed by atoms with Crippen LogP contribution in [0.1, 0.15) is 5.56 Å². The molecular formula is C19H15FeN. The van der Waals surface area contributed by atoms with Crippen LogP contribution in [0.15, 0.2) is 76.8 Å². The van der Waals surface area contributed by atoms with Gasteiger partial charge < -0.3 is 0 Å². The molecule has 0 saturated carbocycles. The van der Waals surface area contributed by atoms with Crippen LogP contribution in [0, 0.1) is 6.92 Å². The van der Waals surface area contributed by atoms with Crippen molar-refractivity contribution in [3.63, 3.8) is 0 Å². The molecule has 0 fully saturated rings. The topological polar surface area (TPSA) is 12.4 Å². The zero-order valence-electron chi connectivity index (χ0n) is 11.7. The summed E-state index contributed by atoms with van der Waals surface area (Å²) < 4.78 is 4.14. The fourth-order valence-electron chi connectivity index (χ4n) is 2.62. The summed E-state index contributed by atoms with van der Waals surface area (Å²) in [5.41, 5.74) is 6.99. The van der Waals surface area contributed by atoms with Crippen LogP contribution in [0.2, 0.25) is 0 Å². The van der Waals surface area contributed by atoms with Gasteiger partial charge in [-0.25, -0.2) is 0 Å². The van der Waals surface area contributed by atoms with E-state index in [9.17, 15) is 0 Å². The minimum atomic E-state index is 0.938. The van der Waals surface area contributed by atoms with E-state index < -0.39 is 0 Å². The summed E-state index contributed by atoms with van der Waals surface area (Å²) in [6, 6.07) is 25.1. The summed E-state index contributed by atoms with van der Waals surface area (Å²) >= 11 is 3.68. The van der Waals surface area contributed by atoms with E-state index in [0.717, 1.165) is 11.3 Å². The number of hydrogen-bond acceptors (Lipinski definition) is 1. The third kappa shape index (κ3) is 2.73. The fraction of sp³-hybridized carbons (Fsp3) is 0.0526. The van der Waals surface area contributed by atoms with Crippen LogP contribution in [0.3, 0.4) is 0 Å². The van der Waals surface area contributed by atoms with E-state index in [1.807, 2.05) is 18.2 Å². The molecule has 0 unspecified atom stereocenters. The van der Waals surface area contributed by atoms with Gasteiger partial charge in [-0.3, -0.25) is 0 Å². The van der Waals surface area contributed by atoms with Crippen molar-refractivity contribution < 1.29 is 15.8 Å². The summed E-state index contributed by atoms with van der Waals surface area (Å²) in [6.07, 6.45) is 0. The van der Waals surface area contributed by atoms with Crippen molar-refractivity contribution in [2.24, 2.45) is 3.96 Å². The van der Waals surface area contributed by atoms with E-state index in [1.54, 1.807) is 0 Å². The molecule has 1 nitrogen and oxygen atoms in total. The summed E-state index contributed by atoms with van der Waals surface area (Å²) in [7, 11) is 0. The van der Waals surface area contributed by atoms with E-state index in [1.165, 1.54) is 22.3 Å². The number of benzene rings is 3. The normalized spacial score (nSPS) is 10.4. The molecule has 21 heavy (non-hydrogen) atoms. The molecule has 0 spiro atoms. The second kappa shape index (κ2) is 6.17. The van der Waals surface area contributed by atoms with Crippen LogP contribution < -0.4 is 0 Å². The fourth-order valence-corrected chi connectivity index (χ4v) is 2.89. The summed E-state index contributed by atoms with van der Waals surface area (Å²) in [6.45, 7) is 2.11. The van der Waals surface area contributed by atoms with Gasteiger partial charge in [0.25, 0.3) is 0 Å². The first-order valence-electron chi connectivity index (χ1n) is 6.86. The number of hydrogen-bond donors (Lipinski definition) is 0. The van der Waals surface area contributed by atoms with Crippen molar-refractivity contribution in [2.75, 3.05) is 0 Å². The molecular weight excluding hydrogens is 298 g/mol. The van der Waals surface area contributed by atoms with Gasteiger partial charge in [0.2, 0.25) is 0 Å². The molecule has 0 aliphatic heterocycles.